The Kier molecular flexibility index (Phi) is 10.8. The van der Waals surface area contributed by atoms with Crippen LogP contribution in [0.5, 0.6) is 11.5 Å². The molecule has 12 heteroatoms. The van der Waals surface area contributed by atoms with Gasteiger partial charge in [-0.15, -0.1) is 0 Å². The van der Waals surface area contributed by atoms with E-state index < -0.39 is 40.0 Å². The second-order valence-corrected chi connectivity index (χ2v) is 13.2. The van der Waals surface area contributed by atoms with E-state index in [2.05, 4.69) is 5.32 Å². The Morgan fingerprint density at radius 1 is 0.905 bits per heavy atom. The van der Waals surface area contributed by atoms with Crippen molar-refractivity contribution in [2.45, 2.75) is 50.7 Å². The second kappa shape index (κ2) is 13.7. The van der Waals surface area contributed by atoms with Crippen LogP contribution in [0.4, 0.5) is 5.69 Å². The lowest BCUT2D eigenvalue weighted by Gasteiger charge is -2.34. The predicted octanol–water partition coefficient (Wildman–Crippen LogP) is 5.54. The summed E-state index contributed by atoms with van der Waals surface area (Å²) in [6, 6.07) is 16.2. The van der Waals surface area contributed by atoms with E-state index in [1.807, 2.05) is 20.8 Å². The van der Waals surface area contributed by atoms with Crippen LogP contribution in [0.25, 0.3) is 0 Å². The first-order chi connectivity index (χ1) is 19.7. The second-order valence-electron chi connectivity index (χ2n) is 10.5. The third kappa shape index (κ3) is 7.87. The molecule has 0 saturated carbocycles. The number of methoxy groups -OCH3 is 2. The zero-order valence-electron chi connectivity index (χ0n) is 24.4. The molecule has 0 radical (unpaired) electrons. The average molecular weight is 637 g/mol. The standard InChI is InChI=1S/C30H35Cl2N3O6S/c1-20(29(37)33-30(2,3)4)34(18-23-24(31)10-9-11-25(23)32)28(36)19-35(26-12-7-8-13-27(26)41-6)42(38,39)22-16-14-21(40-5)15-17-22/h7-17,20H,18-19H2,1-6H3,(H,33,37)/t20-/m0/s1. The summed E-state index contributed by atoms with van der Waals surface area (Å²) in [5.74, 6) is -0.386. The van der Waals surface area contributed by atoms with E-state index in [4.69, 9.17) is 32.7 Å². The average Bonchev–Trinajstić information content (AvgIpc) is 2.94. The highest BCUT2D eigenvalue weighted by atomic mass is 35.5. The van der Waals surface area contributed by atoms with Crippen molar-refractivity contribution in [1.29, 1.82) is 0 Å². The van der Waals surface area contributed by atoms with Gasteiger partial charge in [-0.2, -0.15) is 0 Å². The number of ether oxygens (including phenoxy) is 2. The maximum absolute atomic E-state index is 14.1. The highest BCUT2D eigenvalue weighted by Crippen LogP contribution is 2.33. The molecule has 9 nitrogen and oxygen atoms in total. The Morgan fingerprint density at radius 3 is 2.05 bits per heavy atom. The van der Waals surface area contributed by atoms with E-state index in [1.165, 1.54) is 49.5 Å². The number of rotatable bonds is 11. The summed E-state index contributed by atoms with van der Waals surface area (Å²) in [5.41, 5.74) is -0.0124. The van der Waals surface area contributed by atoms with Crippen LogP contribution >= 0.6 is 23.2 Å². The van der Waals surface area contributed by atoms with Crippen LogP contribution in [0.3, 0.4) is 0 Å². The number of amides is 2. The van der Waals surface area contributed by atoms with Crippen LogP contribution in [0.2, 0.25) is 10.0 Å². The first kappa shape index (κ1) is 33.0. The molecule has 0 unspecified atom stereocenters. The molecule has 0 aliphatic heterocycles. The number of carbonyl (C=O) groups is 2. The van der Waals surface area contributed by atoms with E-state index in [9.17, 15) is 18.0 Å². The van der Waals surface area contributed by atoms with Crippen molar-refractivity contribution in [2.75, 3.05) is 25.1 Å². The minimum Gasteiger partial charge on any atom is -0.497 e. The van der Waals surface area contributed by atoms with Crippen molar-refractivity contribution in [2.24, 2.45) is 0 Å². The Balaban J connectivity index is 2.12. The summed E-state index contributed by atoms with van der Waals surface area (Å²) < 4.78 is 39.7. The van der Waals surface area contributed by atoms with E-state index in [0.29, 0.717) is 21.4 Å². The largest absolute Gasteiger partial charge is 0.497 e. The summed E-state index contributed by atoms with van der Waals surface area (Å²) in [6.45, 7) is 6.23. The maximum Gasteiger partial charge on any atom is 0.264 e. The summed E-state index contributed by atoms with van der Waals surface area (Å²) >= 11 is 12.9. The molecular formula is C30H35Cl2N3O6S. The number of halogens is 2. The van der Waals surface area contributed by atoms with Gasteiger partial charge in [0.15, 0.2) is 0 Å². The molecule has 0 heterocycles. The van der Waals surface area contributed by atoms with Crippen molar-refractivity contribution >= 4 is 50.7 Å². The SMILES string of the molecule is COc1ccc(S(=O)(=O)N(CC(=O)N(Cc2c(Cl)cccc2Cl)[C@@H](C)C(=O)NC(C)(C)C)c2ccccc2OC)cc1. The molecule has 0 saturated heterocycles. The highest BCUT2D eigenvalue weighted by molar-refractivity contribution is 7.92. The van der Waals surface area contributed by atoms with Crippen molar-refractivity contribution in [3.05, 3.63) is 82.3 Å². The molecule has 0 aromatic heterocycles. The van der Waals surface area contributed by atoms with Crippen LogP contribution in [0.1, 0.15) is 33.3 Å². The topological polar surface area (TPSA) is 105 Å². The number of hydrogen-bond donors (Lipinski definition) is 1. The molecule has 0 bridgehead atoms. The molecule has 3 aromatic rings. The van der Waals surface area contributed by atoms with Crippen molar-refractivity contribution in [3.63, 3.8) is 0 Å². The van der Waals surface area contributed by atoms with Crippen molar-refractivity contribution in [3.8, 4) is 11.5 Å². The van der Waals surface area contributed by atoms with Crippen molar-refractivity contribution in [1.82, 2.24) is 10.2 Å². The Labute approximate surface area is 257 Å². The fourth-order valence-corrected chi connectivity index (χ4v) is 6.08. The molecule has 3 aromatic carbocycles. The van der Waals surface area contributed by atoms with E-state index in [-0.39, 0.29) is 22.9 Å². The van der Waals surface area contributed by atoms with Gasteiger partial charge in [-0.3, -0.25) is 13.9 Å². The zero-order valence-corrected chi connectivity index (χ0v) is 26.7. The minimum absolute atomic E-state index is 0.0683. The highest BCUT2D eigenvalue weighted by Gasteiger charge is 2.35. The predicted molar refractivity (Wildman–Crippen MR) is 165 cm³/mol. The molecular weight excluding hydrogens is 601 g/mol. The molecule has 0 spiro atoms. The molecule has 3 rings (SSSR count). The van der Waals surface area contributed by atoms with Crippen molar-refractivity contribution < 1.29 is 27.5 Å². The molecule has 2 amide bonds. The Morgan fingerprint density at radius 2 is 1.50 bits per heavy atom. The first-order valence-corrected chi connectivity index (χ1v) is 15.2. The first-order valence-electron chi connectivity index (χ1n) is 13.0. The normalized spacial score (nSPS) is 12.3. The monoisotopic (exact) mass is 635 g/mol. The van der Waals surface area contributed by atoms with Gasteiger partial charge < -0.3 is 19.7 Å². The fraction of sp³-hybridized carbons (Fsp3) is 0.333. The third-order valence-corrected chi connectivity index (χ3v) is 8.82. The number of anilines is 1. The fourth-order valence-electron chi connectivity index (χ4n) is 4.13. The lowest BCUT2D eigenvalue weighted by atomic mass is 10.1. The van der Waals surface area contributed by atoms with Gasteiger partial charge >= 0.3 is 0 Å². The van der Waals surface area contributed by atoms with Crippen LogP contribution in [-0.2, 0) is 26.2 Å². The third-order valence-electron chi connectivity index (χ3n) is 6.34. The van der Waals surface area contributed by atoms with Crippen LogP contribution in [0, 0.1) is 0 Å². The molecule has 0 fully saturated rings. The Hall–Kier alpha value is -3.47. The Bertz CT molecular complexity index is 1500. The zero-order chi connectivity index (χ0) is 31.2. The van der Waals surface area contributed by atoms with Crippen LogP contribution in [-0.4, -0.2) is 57.5 Å². The molecule has 226 valence electrons. The summed E-state index contributed by atoms with van der Waals surface area (Å²) in [7, 11) is -1.43. The van der Waals surface area contributed by atoms with Gasteiger partial charge in [-0.05, 0) is 76.2 Å². The van der Waals surface area contributed by atoms with Crippen LogP contribution in [0.15, 0.2) is 71.6 Å². The van der Waals surface area contributed by atoms with Gasteiger partial charge in [0.1, 0.15) is 24.1 Å². The number of benzene rings is 3. The summed E-state index contributed by atoms with van der Waals surface area (Å²) in [4.78, 5) is 28.6. The number of sulfonamides is 1. The molecule has 0 aliphatic carbocycles. The van der Waals surface area contributed by atoms with Crippen LogP contribution < -0.4 is 19.1 Å². The smallest absolute Gasteiger partial charge is 0.264 e. The molecule has 0 aliphatic rings. The molecule has 42 heavy (non-hydrogen) atoms. The molecule has 1 N–H and O–H groups in total. The van der Waals surface area contributed by atoms with Gasteiger partial charge in [-0.25, -0.2) is 8.42 Å². The number of para-hydroxylation sites is 2. The quantitative estimate of drug-likeness (QED) is 0.297. The number of carbonyl (C=O) groups excluding carboxylic acids is 2. The lowest BCUT2D eigenvalue weighted by Crippen LogP contribution is -2.54. The van der Waals surface area contributed by atoms with Gasteiger partial charge in [0.05, 0.1) is 24.8 Å². The van der Waals surface area contributed by atoms with E-state index in [1.54, 1.807) is 43.3 Å². The maximum atomic E-state index is 14.1. The van der Waals surface area contributed by atoms with Gasteiger partial charge in [0, 0.05) is 27.7 Å². The lowest BCUT2D eigenvalue weighted by molar-refractivity contribution is -0.140. The summed E-state index contributed by atoms with van der Waals surface area (Å²) in [6.07, 6.45) is 0. The molecule has 1 atom stereocenters. The number of nitrogens with one attached hydrogen (secondary N) is 1. The number of nitrogens with zero attached hydrogens (tertiary/aromatic N) is 2. The van der Waals surface area contributed by atoms with E-state index in [0.717, 1.165) is 4.31 Å². The van der Waals surface area contributed by atoms with E-state index >= 15 is 0 Å². The van der Waals surface area contributed by atoms with Gasteiger partial charge in [-0.1, -0.05) is 41.4 Å². The number of hydrogen-bond acceptors (Lipinski definition) is 6. The van der Waals surface area contributed by atoms with Gasteiger partial charge in [0.2, 0.25) is 11.8 Å². The summed E-state index contributed by atoms with van der Waals surface area (Å²) in [5, 5.41) is 3.48. The minimum atomic E-state index is -4.31. The van der Waals surface area contributed by atoms with Gasteiger partial charge in [0.25, 0.3) is 10.0 Å².